The van der Waals surface area contributed by atoms with E-state index in [4.69, 9.17) is 4.98 Å². The van der Waals surface area contributed by atoms with Crippen molar-refractivity contribution in [2.75, 3.05) is 25.0 Å². The van der Waals surface area contributed by atoms with E-state index in [0.29, 0.717) is 6.04 Å². The minimum Gasteiger partial charge on any atom is -0.354 e. The van der Waals surface area contributed by atoms with Crippen molar-refractivity contribution in [2.45, 2.75) is 25.4 Å². The molecule has 1 atom stereocenters. The van der Waals surface area contributed by atoms with Gasteiger partial charge in [0, 0.05) is 44.3 Å². The standard InChI is InChI=1S/C18H22N6/c1-22(12-15-13-23-10-3-2-7-17(23)20-15)16-6-5-11-24(14-16)18-8-4-9-19-21-18/h2-4,7-10,13,16H,5-6,11-12,14H2,1H3/t16-/m0/s1. The number of imidazole rings is 1. The predicted octanol–water partition coefficient (Wildman–Crippen LogP) is 2.23. The Labute approximate surface area is 141 Å². The van der Waals surface area contributed by atoms with Gasteiger partial charge in [-0.05, 0) is 44.2 Å². The van der Waals surface area contributed by atoms with Gasteiger partial charge in [-0.2, -0.15) is 5.10 Å². The summed E-state index contributed by atoms with van der Waals surface area (Å²) in [6.45, 7) is 2.90. The average molecular weight is 322 g/mol. The lowest BCUT2D eigenvalue weighted by Gasteiger charge is -2.37. The largest absolute Gasteiger partial charge is 0.354 e. The van der Waals surface area contributed by atoms with Crippen molar-refractivity contribution in [3.8, 4) is 0 Å². The molecule has 1 aliphatic rings. The second-order valence-electron chi connectivity index (χ2n) is 6.44. The van der Waals surface area contributed by atoms with Crippen LogP contribution in [0.5, 0.6) is 0 Å². The van der Waals surface area contributed by atoms with Crippen LogP contribution in [-0.2, 0) is 6.54 Å². The molecule has 6 nitrogen and oxygen atoms in total. The zero-order valence-electron chi connectivity index (χ0n) is 13.9. The third kappa shape index (κ3) is 3.10. The van der Waals surface area contributed by atoms with Crippen molar-refractivity contribution in [3.05, 3.63) is 54.6 Å². The Balaban J connectivity index is 1.44. The number of anilines is 1. The molecule has 24 heavy (non-hydrogen) atoms. The summed E-state index contributed by atoms with van der Waals surface area (Å²) in [5.74, 6) is 0.975. The van der Waals surface area contributed by atoms with E-state index >= 15 is 0 Å². The lowest BCUT2D eigenvalue weighted by molar-refractivity contribution is 0.205. The molecule has 124 valence electrons. The van der Waals surface area contributed by atoms with E-state index in [1.807, 2.05) is 36.5 Å². The summed E-state index contributed by atoms with van der Waals surface area (Å²) in [6, 6.07) is 10.6. The fourth-order valence-electron chi connectivity index (χ4n) is 3.43. The fourth-order valence-corrected chi connectivity index (χ4v) is 3.43. The van der Waals surface area contributed by atoms with Crippen LogP contribution >= 0.6 is 0 Å². The first-order valence-corrected chi connectivity index (χ1v) is 8.45. The minimum atomic E-state index is 0.505. The molecule has 4 rings (SSSR count). The molecule has 1 saturated heterocycles. The van der Waals surface area contributed by atoms with E-state index in [1.165, 1.54) is 12.8 Å². The number of fused-ring (bicyclic) bond motifs is 1. The maximum atomic E-state index is 4.71. The minimum absolute atomic E-state index is 0.505. The van der Waals surface area contributed by atoms with Crippen LogP contribution < -0.4 is 4.90 Å². The SMILES string of the molecule is CN(Cc1cn2ccccc2n1)[C@H]1CCCN(c2cccnn2)C1. The van der Waals surface area contributed by atoms with Crippen LogP contribution in [0.2, 0.25) is 0 Å². The van der Waals surface area contributed by atoms with Gasteiger partial charge in [0.1, 0.15) is 5.65 Å². The highest BCUT2D eigenvalue weighted by Gasteiger charge is 2.24. The normalized spacial score (nSPS) is 18.4. The van der Waals surface area contributed by atoms with Crippen LogP contribution in [-0.4, -0.2) is 50.7 Å². The Kier molecular flexibility index (Phi) is 4.13. The first-order valence-electron chi connectivity index (χ1n) is 8.45. The first kappa shape index (κ1) is 15.1. The summed E-state index contributed by atoms with van der Waals surface area (Å²) in [4.78, 5) is 9.45. The van der Waals surface area contributed by atoms with Gasteiger partial charge in [-0.25, -0.2) is 4.98 Å². The van der Waals surface area contributed by atoms with Crippen molar-refractivity contribution in [3.63, 3.8) is 0 Å². The van der Waals surface area contributed by atoms with Gasteiger partial charge in [0.05, 0.1) is 5.69 Å². The molecular formula is C18H22N6. The number of aromatic nitrogens is 4. The summed E-state index contributed by atoms with van der Waals surface area (Å²) in [5, 5.41) is 8.25. The summed E-state index contributed by atoms with van der Waals surface area (Å²) < 4.78 is 2.08. The third-order valence-electron chi connectivity index (χ3n) is 4.73. The van der Waals surface area contributed by atoms with E-state index in [9.17, 15) is 0 Å². The highest BCUT2D eigenvalue weighted by Crippen LogP contribution is 2.20. The third-order valence-corrected chi connectivity index (χ3v) is 4.73. The molecule has 0 saturated carbocycles. The Morgan fingerprint density at radius 3 is 3.04 bits per heavy atom. The zero-order chi connectivity index (χ0) is 16.4. The van der Waals surface area contributed by atoms with Gasteiger partial charge in [-0.3, -0.25) is 4.90 Å². The fraction of sp³-hybridized carbons (Fsp3) is 0.389. The van der Waals surface area contributed by atoms with Crippen LogP contribution in [0.4, 0.5) is 5.82 Å². The number of nitrogens with zero attached hydrogens (tertiary/aromatic N) is 6. The van der Waals surface area contributed by atoms with Crippen molar-refractivity contribution in [1.29, 1.82) is 0 Å². The molecule has 0 aromatic carbocycles. The number of piperidine rings is 1. The first-order chi connectivity index (χ1) is 11.8. The summed E-state index contributed by atoms with van der Waals surface area (Å²) >= 11 is 0. The van der Waals surface area contributed by atoms with Gasteiger partial charge in [0.25, 0.3) is 0 Å². The lowest BCUT2D eigenvalue weighted by Crippen LogP contribution is -2.46. The molecule has 0 aliphatic carbocycles. The molecule has 6 heteroatoms. The molecule has 3 aromatic rings. The number of likely N-dealkylation sites (N-methyl/N-ethyl adjacent to an activating group) is 1. The van der Waals surface area contributed by atoms with Crippen molar-refractivity contribution in [1.82, 2.24) is 24.5 Å². The Bertz CT molecular complexity index is 766. The summed E-state index contributed by atoms with van der Waals surface area (Å²) in [6.07, 6.45) is 8.27. The van der Waals surface area contributed by atoms with E-state index in [1.54, 1.807) is 6.20 Å². The Morgan fingerprint density at radius 1 is 1.25 bits per heavy atom. The second-order valence-corrected chi connectivity index (χ2v) is 6.44. The molecule has 0 amide bonds. The molecule has 0 bridgehead atoms. The topological polar surface area (TPSA) is 49.6 Å². The Hall–Kier alpha value is -2.47. The second kappa shape index (κ2) is 6.57. The van der Waals surface area contributed by atoms with Crippen LogP contribution in [0.15, 0.2) is 48.9 Å². The smallest absolute Gasteiger partial charge is 0.151 e. The molecule has 1 fully saturated rings. The monoisotopic (exact) mass is 322 g/mol. The van der Waals surface area contributed by atoms with Crippen molar-refractivity contribution in [2.24, 2.45) is 0 Å². The zero-order valence-corrected chi connectivity index (χ0v) is 13.9. The van der Waals surface area contributed by atoms with Gasteiger partial charge in [0.2, 0.25) is 0 Å². The highest BCUT2D eigenvalue weighted by molar-refractivity contribution is 5.39. The maximum absolute atomic E-state index is 4.71. The maximum Gasteiger partial charge on any atom is 0.151 e. The summed E-state index contributed by atoms with van der Waals surface area (Å²) in [7, 11) is 2.19. The molecule has 0 spiro atoms. The molecule has 4 heterocycles. The Morgan fingerprint density at radius 2 is 2.21 bits per heavy atom. The molecule has 0 N–H and O–H groups in total. The van der Waals surface area contributed by atoms with Gasteiger partial charge in [0.15, 0.2) is 5.82 Å². The lowest BCUT2D eigenvalue weighted by atomic mass is 10.0. The van der Waals surface area contributed by atoms with E-state index in [2.05, 4.69) is 37.6 Å². The van der Waals surface area contributed by atoms with Gasteiger partial charge in [-0.1, -0.05) is 6.07 Å². The molecule has 1 aliphatic heterocycles. The molecular weight excluding hydrogens is 300 g/mol. The predicted molar refractivity (Wildman–Crippen MR) is 93.9 cm³/mol. The molecule has 3 aromatic heterocycles. The van der Waals surface area contributed by atoms with Gasteiger partial charge < -0.3 is 9.30 Å². The van der Waals surface area contributed by atoms with Crippen molar-refractivity contribution < 1.29 is 0 Å². The number of pyridine rings is 1. The highest BCUT2D eigenvalue weighted by atomic mass is 15.3. The van der Waals surface area contributed by atoms with Crippen LogP contribution in [0, 0.1) is 0 Å². The number of hydrogen-bond donors (Lipinski definition) is 0. The molecule has 0 radical (unpaired) electrons. The summed E-state index contributed by atoms with van der Waals surface area (Å²) in [5.41, 5.74) is 2.12. The quantitative estimate of drug-likeness (QED) is 0.737. The van der Waals surface area contributed by atoms with Crippen LogP contribution in [0.25, 0.3) is 5.65 Å². The van der Waals surface area contributed by atoms with Gasteiger partial charge in [-0.15, -0.1) is 5.10 Å². The van der Waals surface area contributed by atoms with E-state index in [-0.39, 0.29) is 0 Å². The molecule has 0 unspecified atom stereocenters. The number of hydrogen-bond acceptors (Lipinski definition) is 5. The number of rotatable bonds is 4. The van der Waals surface area contributed by atoms with Crippen LogP contribution in [0.1, 0.15) is 18.5 Å². The van der Waals surface area contributed by atoms with E-state index in [0.717, 1.165) is 36.8 Å². The van der Waals surface area contributed by atoms with Crippen LogP contribution in [0.3, 0.4) is 0 Å². The van der Waals surface area contributed by atoms with E-state index < -0.39 is 0 Å². The van der Waals surface area contributed by atoms with Crippen molar-refractivity contribution >= 4 is 11.5 Å². The average Bonchev–Trinajstić information content (AvgIpc) is 3.05. The van der Waals surface area contributed by atoms with Gasteiger partial charge >= 0.3 is 0 Å².